The zero-order valence-corrected chi connectivity index (χ0v) is 18.5. The molecule has 0 saturated heterocycles. The lowest BCUT2D eigenvalue weighted by Crippen LogP contribution is -2.33. The van der Waals surface area contributed by atoms with Crippen LogP contribution < -0.4 is 14.8 Å². The quantitative estimate of drug-likeness (QED) is 0.503. The highest BCUT2D eigenvalue weighted by molar-refractivity contribution is 6.02. The third-order valence-electron chi connectivity index (χ3n) is 5.72. The minimum Gasteiger partial charge on any atom is -0.493 e. The number of methoxy groups -OCH3 is 1. The van der Waals surface area contributed by atoms with Crippen molar-refractivity contribution in [2.45, 2.75) is 51.3 Å². The van der Waals surface area contributed by atoms with Crippen molar-refractivity contribution in [2.75, 3.05) is 19.5 Å². The van der Waals surface area contributed by atoms with Gasteiger partial charge in [0.25, 0.3) is 0 Å². The molecule has 1 fully saturated rings. The number of hydrogen-bond donors (Lipinski definition) is 1. The first-order valence-electron chi connectivity index (χ1n) is 10.9. The summed E-state index contributed by atoms with van der Waals surface area (Å²) in [6, 6.07) is 12.9. The molecule has 5 nitrogen and oxygen atoms in total. The maximum atomic E-state index is 12.5. The molecule has 1 saturated carbocycles. The van der Waals surface area contributed by atoms with Gasteiger partial charge in [0.2, 0.25) is 5.91 Å². The van der Waals surface area contributed by atoms with E-state index < -0.39 is 6.61 Å². The minimum absolute atomic E-state index is 0.0554. The van der Waals surface area contributed by atoms with Crippen molar-refractivity contribution in [3.05, 3.63) is 59.7 Å². The van der Waals surface area contributed by atoms with Crippen molar-refractivity contribution in [3.8, 4) is 11.5 Å². The molecule has 0 unspecified atom stereocenters. The third kappa shape index (κ3) is 6.79. The van der Waals surface area contributed by atoms with Gasteiger partial charge in [0, 0.05) is 24.4 Å². The smallest absolute Gasteiger partial charge is 0.387 e. The molecule has 1 N–H and O–H groups in total. The lowest BCUT2D eigenvalue weighted by molar-refractivity contribution is -0.111. The van der Waals surface area contributed by atoms with E-state index in [1.807, 2.05) is 24.3 Å². The van der Waals surface area contributed by atoms with Crippen LogP contribution in [0.2, 0.25) is 0 Å². The Labute approximate surface area is 188 Å². The number of hydrogen-bond acceptors (Lipinski definition) is 4. The number of nitrogens with zero attached hydrogens (tertiary/aromatic N) is 1. The van der Waals surface area contributed by atoms with Crippen molar-refractivity contribution in [1.82, 2.24) is 4.90 Å². The van der Waals surface area contributed by atoms with Crippen molar-refractivity contribution in [2.24, 2.45) is 0 Å². The second kappa shape index (κ2) is 11.6. The normalized spacial score (nSPS) is 14.8. The topological polar surface area (TPSA) is 50.8 Å². The van der Waals surface area contributed by atoms with E-state index in [0.29, 0.717) is 11.6 Å². The zero-order chi connectivity index (χ0) is 22.9. The number of para-hydroxylation sites is 1. The minimum atomic E-state index is -2.94. The summed E-state index contributed by atoms with van der Waals surface area (Å²) in [7, 11) is 3.51. The average Bonchev–Trinajstić information content (AvgIpc) is 2.80. The zero-order valence-electron chi connectivity index (χ0n) is 18.5. The summed E-state index contributed by atoms with van der Waals surface area (Å²) in [5, 5.41) is 2.95. The fraction of sp³-hybridized carbons (Fsp3) is 0.400. The second-order valence-corrected chi connectivity index (χ2v) is 7.98. The van der Waals surface area contributed by atoms with Gasteiger partial charge >= 0.3 is 6.61 Å². The van der Waals surface area contributed by atoms with E-state index >= 15 is 0 Å². The van der Waals surface area contributed by atoms with Crippen molar-refractivity contribution in [3.63, 3.8) is 0 Å². The summed E-state index contributed by atoms with van der Waals surface area (Å²) < 4.78 is 34.4. The number of ether oxygens (including phenoxy) is 2. The molecule has 2 aromatic rings. The van der Waals surface area contributed by atoms with Crippen molar-refractivity contribution < 1.29 is 23.0 Å². The third-order valence-corrected chi connectivity index (χ3v) is 5.72. The van der Waals surface area contributed by atoms with E-state index in [0.717, 1.165) is 17.8 Å². The molecule has 0 heterocycles. The molecule has 1 aliphatic carbocycles. The summed E-state index contributed by atoms with van der Waals surface area (Å²) in [6.45, 7) is -2.17. The summed E-state index contributed by atoms with van der Waals surface area (Å²) in [6.07, 6.45) is 9.31. The molecule has 2 aromatic carbocycles. The number of amides is 1. The van der Waals surface area contributed by atoms with Gasteiger partial charge < -0.3 is 14.8 Å². The lowest BCUT2D eigenvalue weighted by Gasteiger charge is -2.31. The van der Waals surface area contributed by atoms with Crippen LogP contribution in [0, 0.1) is 0 Å². The van der Waals surface area contributed by atoms with E-state index in [-0.39, 0.29) is 17.4 Å². The van der Waals surface area contributed by atoms with Crippen LogP contribution in [0.25, 0.3) is 6.08 Å². The Hall–Kier alpha value is -2.93. The number of alkyl halides is 2. The van der Waals surface area contributed by atoms with Gasteiger partial charge in [0.05, 0.1) is 7.11 Å². The highest BCUT2D eigenvalue weighted by atomic mass is 19.3. The van der Waals surface area contributed by atoms with Crippen LogP contribution in [0.1, 0.15) is 43.2 Å². The largest absolute Gasteiger partial charge is 0.493 e. The fourth-order valence-electron chi connectivity index (χ4n) is 4.03. The average molecular weight is 445 g/mol. The Kier molecular flexibility index (Phi) is 8.62. The van der Waals surface area contributed by atoms with Crippen LogP contribution >= 0.6 is 0 Å². The Morgan fingerprint density at radius 2 is 1.91 bits per heavy atom. The van der Waals surface area contributed by atoms with Gasteiger partial charge in [-0.15, -0.1) is 0 Å². The van der Waals surface area contributed by atoms with Gasteiger partial charge in [0.1, 0.15) is 0 Å². The van der Waals surface area contributed by atoms with Crippen molar-refractivity contribution in [1.29, 1.82) is 0 Å². The Morgan fingerprint density at radius 1 is 1.16 bits per heavy atom. The Balaban J connectivity index is 1.64. The number of benzene rings is 2. The molecule has 0 aliphatic heterocycles. The maximum absolute atomic E-state index is 12.5. The van der Waals surface area contributed by atoms with Crippen LogP contribution in [-0.4, -0.2) is 37.6 Å². The molecule has 172 valence electrons. The molecule has 32 heavy (non-hydrogen) atoms. The number of carbonyl (C=O) groups excluding carboxylic acids is 1. The van der Waals surface area contributed by atoms with Gasteiger partial charge in [-0.2, -0.15) is 8.78 Å². The molecule has 0 radical (unpaired) electrons. The highest BCUT2D eigenvalue weighted by Gasteiger charge is 2.19. The number of halogens is 2. The van der Waals surface area contributed by atoms with E-state index in [1.54, 1.807) is 12.1 Å². The number of carbonyl (C=O) groups is 1. The molecule has 3 rings (SSSR count). The predicted octanol–water partition coefficient (Wildman–Crippen LogP) is 5.71. The standard InChI is InChI=1S/C25H30F2N2O3/c1-29(20-9-4-3-5-10-20)17-19-8-6-7-11-21(19)28-24(30)15-13-18-12-14-22(32-25(26)27)23(16-18)31-2/h6-8,11-16,20,25H,3-5,9-10,17H2,1-2H3,(H,28,30)/b15-13+. The van der Waals surface area contributed by atoms with Crippen LogP contribution in [0.15, 0.2) is 48.5 Å². The van der Waals surface area contributed by atoms with Gasteiger partial charge in [-0.3, -0.25) is 9.69 Å². The first kappa shape index (κ1) is 23.7. The molecule has 0 atom stereocenters. The highest BCUT2D eigenvalue weighted by Crippen LogP contribution is 2.30. The van der Waals surface area contributed by atoms with Gasteiger partial charge in [0.15, 0.2) is 11.5 Å². The van der Waals surface area contributed by atoms with Gasteiger partial charge in [-0.1, -0.05) is 43.5 Å². The molecule has 7 heteroatoms. The Morgan fingerprint density at radius 3 is 2.62 bits per heavy atom. The second-order valence-electron chi connectivity index (χ2n) is 7.98. The van der Waals surface area contributed by atoms with Crippen LogP contribution in [0.4, 0.5) is 14.5 Å². The lowest BCUT2D eigenvalue weighted by atomic mass is 9.94. The molecular weight excluding hydrogens is 414 g/mol. The summed E-state index contributed by atoms with van der Waals surface area (Å²) in [5.41, 5.74) is 2.48. The first-order valence-corrected chi connectivity index (χ1v) is 10.9. The maximum Gasteiger partial charge on any atom is 0.387 e. The monoisotopic (exact) mass is 444 g/mol. The van der Waals surface area contributed by atoms with Crippen LogP contribution in [-0.2, 0) is 11.3 Å². The summed E-state index contributed by atoms with van der Waals surface area (Å²) in [5.74, 6) is -0.159. The van der Waals surface area contributed by atoms with E-state index in [9.17, 15) is 13.6 Å². The SMILES string of the molecule is COc1cc(/C=C/C(=O)Nc2ccccc2CN(C)C2CCCCC2)ccc1OC(F)F. The number of rotatable bonds is 9. The van der Waals surface area contributed by atoms with E-state index in [4.69, 9.17) is 4.74 Å². The molecule has 1 aliphatic rings. The van der Waals surface area contributed by atoms with Gasteiger partial charge in [-0.05, 0) is 55.3 Å². The molecular formula is C25H30F2N2O3. The number of anilines is 1. The summed E-state index contributed by atoms with van der Waals surface area (Å²) >= 11 is 0. The van der Waals surface area contributed by atoms with E-state index in [1.165, 1.54) is 57.4 Å². The predicted molar refractivity (Wildman–Crippen MR) is 122 cm³/mol. The van der Waals surface area contributed by atoms with Crippen molar-refractivity contribution >= 4 is 17.7 Å². The molecule has 0 aromatic heterocycles. The van der Waals surface area contributed by atoms with E-state index in [2.05, 4.69) is 22.0 Å². The fourth-order valence-corrected chi connectivity index (χ4v) is 4.03. The van der Waals surface area contributed by atoms with Gasteiger partial charge in [-0.25, -0.2) is 0 Å². The number of nitrogens with one attached hydrogen (secondary N) is 1. The molecule has 1 amide bonds. The summed E-state index contributed by atoms with van der Waals surface area (Å²) in [4.78, 5) is 14.9. The van der Waals surface area contributed by atoms with Crippen LogP contribution in [0.3, 0.4) is 0 Å². The first-order chi connectivity index (χ1) is 15.5. The Bertz CT molecular complexity index is 927. The van der Waals surface area contributed by atoms with Crippen LogP contribution in [0.5, 0.6) is 11.5 Å². The molecule has 0 bridgehead atoms. The molecule has 0 spiro atoms.